The summed E-state index contributed by atoms with van der Waals surface area (Å²) in [7, 11) is 1.97. The number of hydrogen-bond donors (Lipinski definition) is 1. The minimum absolute atomic E-state index is 0.314. The fraction of sp³-hybridized carbons (Fsp3) is 0.500. The first-order valence-electron chi connectivity index (χ1n) is 5.25. The molecule has 0 aliphatic carbocycles. The molecule has 0 radical (unpaired) electrons. The van der Waals surface area contributed by atoms with Crippen molar-refractivity contribution in [1.29, 1.82) is 0 Å². The van der Waals surface area contributed by atoms with Crippen LogP contribution in [0.4, 0.5) is 0 Å². The van der Waals surface area contributed by atoms with Crippen molar-refractivity contribution in [1.82, 2.24) is 5.32 Å². The molecule has 76 valence electrons. The highest BCUT2D eigenvalue weighted by Crippen LogP contribution is 2.31. The van der Waals surface area contributed by atoms with Crippen molar-refractivity contribution in [3.05, 3.63) is 35.9 Å². The van der Waals surface area contributed by atoms with E-state index in [0.717, 1.165) is 13.0 Å². The van der Waals surface area contributed by atoms with Crippen LogP contribution in [0, 0.1) is 0 Å². The van der Waals surface area contributed by atoms with Gasteiger partial charge in [-0.05, 0) is 25.5 Å². The monoisotopic (exact) mass is 191 g/mol. The van der Waals surface area contributed by atoms with Crippen LogP contribution in [0.15, 0.2) is 30.3 Å². The summed E-state index contributed by atoms with van der Waals surface area (Å²) in [6.07, 6.45) is 3.02. The SMILES string of the molecule is CNCC1CCC(c2ccccc2)O1. The molecule has 0 spiro atoms. The molecule has 1 heterocycles. The molecule has 0 amide bonds. The summed E-state index contributed by atoms with van der Waals surface area (Å²) in [5.74, 6) is 0. The maximum atomic E-state index is 5.93. The number of benzene rings is 1. The molecule has 0 saturated carbocycles. The third-order valence-electron chi connectivity index (χ3n) is 2.71. The summed E-state index contributed by atoms with van der Waals surface area (Å²) in [5.41, 5.74) is 1.31. The van der Waals surface area contributed by atoms with E-state index in [0.29, 0.717) is 12.2 Å². The minimum atomic E-state index is 0.314. The highest BCUT2D eigenvalue weighted by molar-refractivity contribution is 5.18. The lowest BCUT2D eigenvalue weighted by Crippen LogP contribution is -2.22. The van der Waals surface area contributed by atoms with Crippen LogP contribution < -0.4 is 5.32 Å². The lowest BCUT2D eigenvalue weighted by Gasteiger charge is -2.13. The summed E-state index contributed by atoms with van der Waals surface area (Å²) in [6.45, 7) is 0.962. The van der Waals surface area contributed by atoms with E-state index in [2.05, 4.69) is 29.6 Å². The molecule has 14 heavy (non-hydrogen) atoms. The molecule has 1 N–H and O–H groups in total. The molecule has 2 rings (SSSR count). The number of ether oxygens (including phenoxy) is 1. The first kappa shape index (κ1) is 9.69. The summed E-state index contributed by atoms with van der Waals surface area (Å²) in [6, 6.07) is 10.5. The Morgan fingerprint density at radius 2 is 2.07 bits per heavy atom. The van der Waals surface area contributed by atoms with Gasteiger partial charge in [-0.1, -0.05) is 30.3 Å². The maximum Gasteiger partial charge on any atom is 0.0830 e. The topological polar surface area (TPSA) is 21.3 Å². The van der Waals surface area contributed by atoms with E-state index in [9.17, 15) is 0 Å². The molecule has 1 aromatic rings. The third-order valence-corrected chi connectivity index (χ3v) is 2.71. The fourth-order valence-electron chi connectivity index (χ4n) is 2.00. The van der Waals surface area contributed by atoms with Gasteiger partial charge in [0.25, 0.3) is 0 Å². The zero-order valence-electron chi connectivity index (χ0n) is 8.57. The lowest BCUT2D eigenvalue weighted by atomic mass is 10.1. The van der Waals surface area contributed by atoms with E-state index in [1.54, 1.807) is 0 Å². The first-order chi connectivity index (χ1) is 6.90. The van der Waals surface area contributed by atoms with Crippen molar-refractivity contribution in [2.75, 3.05) is 13.6 Å². The van der Waals surface area contributed by atoms with Gasteiger partial charge in [-0.3, -0.25) is 0 Å². The fourth-order valence-corrected chi connectivity index (χ4v) is 2.00. The van der Waals surface area contributed by atoms with Crippen molar-refractivity contribution in [3.63, 3.8) is 0 Å². The van der Waals surface area contributed by atoms with Gasteiger partial charge in [0, 0.05) is 6.54 Å². The van der Waals surface area contributed by atoms with Gasteiger partial charge in [0.15, 0.2) is 0 Å². The Kier molecular flexibility index (Phi) is 3.17. The normalized spacial score (nSPS) is 26.6. The van der Waals surface area contributed by atoms with Crippen molar-refractivity contribution in [3.8, 4) is 0 Å². The average Bonchev–Trinajstić information content (AvgIpc) is 2.68. The number of rotatable bonds is 3. The van der Waals surface area contributed by atoms with E-state index in [1.165, 1.54) is 12.0 Å². The van der Waals surface area contributed by atoms with Gasteiger partial charge in [-0.25, -0.2) is 0 Å². The molecule has 0 bridgehead atoms. The molecule has 2 unspecified atom stereocenters. The van der Waals surface area contributed by atoms with Crippen LogP contribution in [0.3, 0.4) is 0 Å². The maximum absolute atomic E-state index is 5.93. The van der Waals surface area contributed by atoms with Crippen LogP contribution in [0.1, 0.15) is 24.5 Å². The molecule has 1 aliphatic rings. The summed E-state index contributed by atoms with van der Waals surface area (Å²) >= 11 is 0. The second-order valence-corrected chi connectivity index (χ2v) is 3.79. The van der Waals surface area contributed by atoms with Gasteiger partial charge in [-0.2, -0.15) is 0 Å². The van der Waals surface area contributed by atoms with Crippen molar-refractivity contribution in [2.45, 2.75) is 25.0 Å². The van der Waals surface area contributed by atoms with Gasteiger partial charge < -0.3 is 10.1 Å². The number of hydrogen-bond acceptors (Lipinski definition) is 2. The molecular formula is C12H17NO. The third kappa shape index (κ3) is 2.14. The smallest absolute Gasteiger partial charge is 0.0830 e. The second-order valence-electron chi connectivity index (χ2n) is 3.79. The van der Waals surface area contributed by atoms with E-state index in [4.69, 9.17) is 4.74 Å². The van der Waals surface area contributed by atoms with Gasteiger partial charge in [-0.15, -0.1) is 0 Å². The zero-order chi connectivity index (χ0) is 9.80. The number of likely N-dealkylation sites (N-methyl/N-ethyl adjacent to an activating group) is 1. The van der Waals surface area contributed by atoms with Crippen LogP contribution >= 0.6 is 0 Å². The standard InChI is InChI=1S/C12H17NO/c1-13-9-11-7-8-12(14-11)10-5-3-2-4-6-10/h2-6,11-13H,7-9H2,1H3. The van der Waals surface area contributed by atoms with E-state index in [1.807, 2.05) is 13.1 Å². The van der Waals surface area contributed by atoms with Crippen LogP contribution in [0.5, 0.6) is 0 Å². The summed E-state index contributed by atoms with van der Waals surface area (Å²) in [4.78, 5) is 0. The first-order valence-corrected chi connectivity index (χ1v) is 5.25. The molecular weight excluding hydrogens is 174 g/mol. The van der Waals surface area contributed by atoms with Crippen LogP contribution in [-0.4, -0.2) is 19.7 Å². The van der Waals surface area contributed by atoms with Gasteiger partial charge >= 0.3 is 0 Å². The van der Waals surface area contributed by atoms with Crippen molar-refractivity contribution >= 4 is 0 Å². The molecule has 1 saturated heterocycles. The number of nitrogens with one attached hydrogen (secondary N) is 1. The van der Waals surface area contributed by atoms with Gasteiger partial charge in [0.2, 0.25) is 0 Å². The Hall–Kier alpha value is -0.860. The van der Waals surface area contributed by atoms with Crippen LogP contribution in [0.25, 0.3) is 0 Å². The Morgan fingerprint density at radius 1 is 1.29 bits per heavy atom. The molecule has 2 atom stereocenters. The Labute approximate surface area is 85.3 Å². The summed E-state index contributed by atoms with van der Waals surface area (Å²) in [5, 5.41) is 3.16. The molecule has 2 heteroatoms. The van der Waals surface area contributed by atoms with E-state index < -0.39 is 0 Å². The van der Waals surface area contributed by atoms with Crippen molar-refractivity contribution in [2.24, 2.45) is 0 Å². The molecule has 1 aromatic carbocycles. The molecule has 2 nitrogen and oxygen atoms in total. The highest BCUT2D eigenvalue weighted by atomic mass is 16.5. The largest absolute Gasteiger partial charge is 0.369 e. The highest BCUT2D eigenvalue weighted by Gasteiger charge is 2.25. The summed E-state index contributed by atoms with van der Waals surface area (Å²) < 4.78 is 5.93. The average molecular weight is 191 g/mol. The van der Waals surface area contributed by atoms with E-state index >= 15 is 0 Å². The Bertz CT molecular complexity index is 273. The molecule has 0 aromatic heterocycles. The zero-order valence-corrected chi connectivity index (χ0v) is 8.57. The van der Waals surface area contributed by atoms with Crippen LogP contribution in [0.2, 0.25) is 0 Å². The minimum Gasteiger partial charge on any atom is -0.369 e. The van der Waals surface area contributed by atoms with Gasteiger partial charge in [0.05, 0.1) is 12.2 Å². The predicted molar refractivity (Wildman–Crippen MR) is 57.2 cm³/mol. The Balaban J connectivity index is 1.96. The Morgan fingerprint density at radius 3 is 2.79 bits per heavy atom. The van der Waals surface area contributed by atoms with Crippen molar-refractivity contribution < 1.29 is 4.74 Å². The quantitative estimate of drug-likeness (QED) is 0.790. The molecule has 1 fully saturated rings. The predicted octanol–water partition coefficient (Wildman–Crippen LogP) is 2.13. The lowest BCUT2D eigenvalue weighted by molar-refractivity contribution is 0.0460. The molecule has 1 aliphatic heterocycles. The van der Waals surface area contributed by atoms with E-state index in [-0.39, 0.29) is 0 Å². The second kappa shape index (κ2) is 4.58. The van der Waals surface area contributed by atoms with Gasteiger partial charge in [0.1, 0.15) is 0 Å². The van der Waals surface area contributed by atoms with Crippen LogP contribution in [-0.2, 0) is 4.74 Å².